The third-order valence-electron chi connectivity index (χ3n) is 13.8. The number of aromatic nitrogens is 1. The lowest BCUT2D eigenvalue weighted by Crippen LogP contribution is -2.10. The van der Waals surface area contributed by atoms with Crippen molar-refractivity contribution in [3.63, 3.8) is 0 Å². The molecule has 13 aromatic carbocycles. The fourth-order valence-corrected chi connectivity index (χ4v) is 11.1. The molecule has 0 N–H and O–H groups in total. The first kappa shape index (κ1) is 35.2. The minimum Gasteiger partial charge on any atom is -0.310 e. The van der Waals surface area contributed by atoms with E-state index in [1.54, 1.807) is 0 Å². The van der Waals surface area contributed by atoms with E-state index in [4.69, 9.17) is 0 Å². The van der Waals surface area contributed by atoms with Crippen molar-refractivity contribution in [1.82, 2.24) is 4.57 Å². The number of anilines is 3. The molecule has 14 rings (SSSR count). The van der Waals surface area contributed by atoms with Crippen LogP contribution in [0, 0.1) is 0 Å². The van der Waals surface area contributed by atoms with Gasteiger partial charge in [-0.25, -0.2) is 0 Å². The molecule has 0 spiro atoms. The number of benzene rings is 12. The molecule has 0 saturated carbocycles. The number of fused-ring (bicyclic) bond motifs is 6. The Bertz CT molecular complexity index is 4170. The summed E-state index contributed by atoms with van der Waals surface area (Å²) in [4.78, 5) is 2.47. The molecule has 0 aliphatic heterocycles. The van der Waals surface area contributed by atoms with Gasteiger partial charge in [0.25, 0.3) is 0 Å². The molecule has 1 heterocycles. The van der Waals surface area contributed by atoms with Crippen molar-refractivity contribution in [1.29, 1.82) is 0 Å². The predicted octanol–water partition coefficient (Wildman–Crippen LogP) is 17.4. The fourth-order valence-electron chi connectivity index (χ4n) is 11.1. The summed E-state index contributed by atoms with van der Waals surface area (Å²) in [7, 11) is 0. The van der Waals surface area contributed by atoms with Crippen LogP contribution in [0.2, 0.25) is 0 Å². The molecule has 0 amide bonds. The Kier molecular flexibility index (Phi) is 7.43. The van der Waals surface area contributed by atoms with Crippen LogP contribution in [0.15, 0.2) is 231 Å². The first-order chi connectivity index (χ1) is 31.7. The van der Waals surface area contributed by atoms with Crippen LogP contribution in [0.4, 0.5) is 17.1 Å². The molecule has 0 radical (unpaired) electrons. The van der Waals surface area contributed by atoms with Crippen molar-refractivity contribution < 1.29 is 0 Å². The summed E-state index contributed by atoms with van der Waals surface area (Å²) in [5, 5.41) is 20.3. The van der Waals surface area contributed by atoms with Gasteiger partial charge < -0.3 is 9.47 Å². The Morgan fingerprint density at radius 2 is 0.781 bits per heavy atom. The highest BCUT2D eigenvalue weighted by atomic mass is 15.1. The quantitative estimate of drug-likeness (QED) is 0.157. The minimum atomic E-state index is 1.09. The van der Waals surface area contributed by atoms with Crippen LogP contribution in [0.5, 0.6) is 0 Å². The molecule has 0 saturated heterocycles. The number of para-hydroxylation sites is 2. The van der Waals surface area contributed by atoms with E-state index >= 15 is 0 Å². The molecule has 0 bridgehead atoms. The van der Waals surface area contributed by atoms with Gasteiger partial charge in [0, 0.05) is 33.5 Å². The zero-order valence-corrected chi connectivity index (χ0v) is 34.8. The van der Waals surface area contributed by atoms with E-state index in [2.05, 4.69) is 240 Å². The minimum absolute atomic E-state index is 1.09. The van der Waals surface area contributed by atoms with E-state index in [0.717, 1.165) is 22.7 Å². The molecule has 0 aliphatic rings. The average molecular weight is 811 g/mol. The lowest BCUT2D eigenvalue weighted by molar-refractivity contribution is 1.18. The first-order valence-electron chi connectivity index (χ1n) is 22.2. The van der Waals surface area contributed by atoms with Crippen LogP contribution < -0.4 is 4.90 Å². The summed E-state index contributed by atoms with van der Waals surface area (Å²) in [5.74, 6) is 0. The fraction of sp³-hybridized carbons (Fsp3) is 0. The second kappa shape index (κ2) is 13.5. The van der Waals surface area contributed by atoms with Gasteiger partial charge in [0.2, 0.25) is 0 Å². The molecular weight excluding hydrogens is 773 g/mol. The van der Waals surface area contributed by atoms with Gasteiger partial charge in [-0.1, -0.05) is 176 Å². The van der Waals surface area contributed by atoms with Crippen LogP contribution in [0.3, 0.4) is 0 Å². The normalized spacial score (nSPS) is 12.1. The standard InChI is InChI=1S/C62H38N2/c1-2-17-45(18-3-1)64-57-25-7-6-20-51(57)52-35-34-47(38-58(52)64)63(46-32-30-40(31-33-46)50-21-8-13-39-12-4-5-19-49(39)50)48-36-44-29-28-43-15-10-23-54-53-22-9-14-41-26-27-42-16-11-24-55(61(42)59(41)53)56(37-48)62(44)60(43)54/h1-38H. The molecule has 64 heavy (non-hydrogen) atoms. The number of nitrogens with zero attached hydrogens (tertiary/aromatic N) is 2. The molecule has 0 unspecified atom stereocenters. The third kappa shape index (κ3) is 5.08. The van der Waals surface area contributed by atoms with E-state index < -0.39 is 0 Å². The summed E-state index contributed by atoms with van der Waals surface area (Å²) in [6, 6.07) is 85.6. The van der Waals surface area contributed by atoms with Crippen LogP contribution in [0.1, 0.15) is 0 Å². The number of hydrogen-bond acceptors (Lipinski definition) is 1. The molecule has 14 aromatic rings. The Morgan fingerprint density at radius 1 is 0.266 bits per heavy atom. The molecule has 0 atom stereocenters. The van der Waals surface area contributed by atoms with E-state index in [1.807, 2.05) is 0 Å². The van der Waals surface area contributed by atoms with Gasteiger partial charge in [0.15, 0.2) is 0 Å². The van der Waals surface area contributed by atoms with E-state index in [-0.39, 0.29) is 0 Å². The van der Waals surface area contributed by atoms with Crippen molar-refractivity contribution >= 4 is 114 Å². The van der Waals surface area contributed by atoms with Crippen molar-refractivity contribution in [2.75, 3.05) is 4.90 Å². The summed E-state index contributed by atoms with van der Waals surface area (Å²) >= 11 is 0. The lowest BCUT2D eigenvalue weighted by Gasteiger charge is -2.27. The van der Waals surface area contributed by atoms with Gasteiger partial charge >= 0.3 is 0 Å². The largest absolute Gasteiger partial charge is 0.310 e. The highest BCUT2D eigenvalue weighted by molar-refractivity contribution is 6.37. The summed E-state index contributed by atoms with van der Waals surface area (Å²) in [5.41, 5.74) is 9.23. The summed E-state index contributed by atoms with van der Waals surface area (Å²) in [6.07, 6.45) is 0. The van der Waals surface area contributed by atoms with E-state index in [1.165, 1.54) is 108 Å². The molecule has 2 heteroatoms. The highest BCUT2D eigenvalue weighted by Gasteiger charge is 2.21. The maximum atomic E-state index is 2.47. The van der Waals surface area contributed by atoms with E-state index in [9.17, 15) is 0 Å². The van der Waals surface area contributed by atoms with Crippen molar-refractivity contribution in [3.8, 4) is 16.8 Å². The maximum absolute atomic E-state index is 2.47. The van der Waals surface area contributed by atoms with Crippen LogP contribution in [-0.2, 0) is 0 Å². The van der Waals surface area contributed by atoms with Gasteiger partial charge in [-0.2, -0.15) is 0 Å². The average Bonchev–Trinajstić information content (AvgIpc) is 3.69. The number of hydrogen-bond donors (Lipinski definition) is 0. The van der Waals surface area contributed by atoms with E-state index in [0.29, 0.717) is 0 Å². The monoisotopic (exact) mass is 810 g/mol. The Morgan fingerprint density at radius 3 is 1.50 bits per heavy atom. The van der Waals surface area contributed by atoms with Crippen LogP contribution in [-0.4, -0.2) is 4.57 Å². The van der Waals surface area contributed by atoms with Gasteiger partial charge in [0.1, 0.15) is 0 Å². The molecule has 0 fully saturated rings. The highest BCUT2D eigenvalue weighted by Crippen LogP contribution is 2.47. The van der Waals surface area contributed by atoms with Crippen molar-refractivity contribution in [3.05, 3.63) is 231 Å². The molecule has 1 aromatic heterocycles. The van der Waals surface area contributed by atoms with Crippen LogP contribution in [0.25, 0.3) is 114 Å². The lowest BCUT2D eigenvalue weighted by atomic mass is 9.87. The summed E-state index contributed by atoms with van der Waals surface area (Å²) in [6.45, 7) is 0. The maximum Gasteiger partial charge on any atom is 0.0561 e. The Labute approximate surface area is 369 Å². The SMILES string of the molecule is c1ccc(-n2c3ccccc3c3ccc(N(c4ccc(-c5cccc6ccccc56)cc4)c4cc5ccc6cccc7c8cccc9ccc%10cccc(c(c4)c5c67)c%10c98)cc32)cc1. The van der Waals surface area contributed by atoms with Gasteiger partial charge in [0.05, 0.1) is 11.0 Å². The Balaban J connectivity index is 1.09. The zero-order valence-electron chi connectivity index (χ0n) is 34.8. The zero-order chi connectivity index (χ0) is 41.9. The van der Waals surface area contributed by atoms with Crippen molar-refractivity contribution in [2.45, 2.75) is 0 Å². The predicted molar refractivity (Wildman–Crippen MR) is 275 cm³/mol. The van der Waals surface area contributed by atoms with Gasteiger partial charge in [-0.3, -0.25) is 0 Å². The second-order valence-corrected chi connectivity index (χ2v) is 17.2. The molecule has 0 aliphatic carbocycles. The summed E-state index contributed by atoms with van der Waals surface area (Å²) < 4.78 is 2.42. The smallest absolute Gasteiger partial charge is 0.0561 e. The van der Waals surface area contributed by atoms with Gasteiger partial charge in [-0.15, -0.1) is 0 Å². The topological polar surface area (TPSA) is 8.17 Å². The molecule has 2 nitrogen and oxygen atoms in total. The first-order valence-corrected chi connectivity index (χ1v) is 22.2. The van der Waals surface area contributed by atoms with Gasteiger partial charge in [-0.05, 0) is 141 Å². The molecule has 296 valence electrons. The second-order valence-electron chi connectivity index (χ2n) is 17.2. The van der Waals surface area contributed by atoms with Crippen LogP contribution >= 0.6 is 0 Å². The molecular formula is C62H38N2. The van der Waals surface area contributed by atoms with Crippen molar-refractivity contribution in [2.24, 2.45) is 0 Å². The Hall–Kier alpha value is -8.46. The number of rotatable bonds is 5. The third-order valence-corrected chi connectivity index (χ3v) is 13.8.